The predicted octanol–water partition coefficient (Wildman–Crippen LogP) is 4.71. The standard InChI is InChI=1S/C27H30N2O10/c1-13(2)23(30)36-12-37-25(32)18-10-21-22(29-18)16(11-35-21)8-15(5)24(31)38-27(14(3)4)39-26(33)19-9-20-17(28-19)6-7-34-20/h6-7,9-11,13-15,27-29H,8,12H2,1-5H3. The van der Waals surface area contributed by atoms with Gasteiger partial charge in [0, 0.05) is 29.7 Å². The molecule has 0 spiro atoms. The third-order valence-electron chi connectivity index (χ3n) is 5.90. The summed E-state index contributed by atoms with van der Waals surface area (Å²) in [7, 11) is 0. The molecule has 0 saturated heterocycles. The number of hydrogen-bond acceptors (Lipinski definition) is 10. The molecule has 0 bridgehead atoms. The smallest absolute Gasteiger partial charge is 0.357 e. The highest BCUT2D eigenvalue weighted by Gasteiger charge is 2.28. The molecule has 4 heterocycles. The first-order valence-corrected chi connectivity index (χ1v) is 12.4. The third-order valence-corrected chi connectivity index (χ3v) is 5.90. The van der Waals surface area contributed by atoms with E-state index in [1.807, 2.05) is 0 Å². The van der Waals surface area contributed by atoms with Crippen LogP contribution in [-0.2, 0) is 35.0 Å². The molecule has 39 heavy (non-hydrogen) atoms. The second-order valence-electron chi connectivity index (χ2n) is 9.79. The lowest BCUT2D eigenvalue weighted by molar-refractivity contribution is -0.180. The lowest BCUT2D eigenvalue weighted by Crippen LogP contribution is -2.32. The van der Waals surface area contributed by atoms with Gasteiger partial charge in [0.05, 0.1) is 35.4 Å². The van der Waals surface area contributed by atoms with Crippen LogP contribution >= 0.6 is 0 Å². The molecule has 2 N–H and O–H groups in total. The molecule has 0 aliphatic rings. The van der Waals surface area contributed by atoms with Crippen LogP contribution < -0.4 is 0 Å². The van der Waals surface area contributed by atoms with E-state index in [4.69, 9.17) is 27.8 Å². The number of fused-ring (bicyclic) bond motifs is 2. The van der Waals surface area contributed by atoms with Gasteiger partial charge in [-0.1, -0.05) is 34.6 Å². The molecule has 0 aromatic carbocycles. The second-order valence-corrected chi connectivity index (χ2v) is 9.79. The fraction of sp³-hybridized carbons (Fsp3) is 0.407. The zero-order chi connectivity index (χ0) is 28.3. The van der Waals surface area contributed by atoms with Crippen molar-refractivity contribution in [2.24, 2.45) is 17.8 Å². The number of ether oxygens (including phenoxy) is 4. The van der Waals surface area contributed by atoms with Crippen molar-refractivity contribution in [1.29, 1.82) is 0 Å². The molecule has 2 atom stereocenters. The molecule has 0 aliphatic heterocycles. The van der Waals surface area contributed by atoms with Gasteiger partial charge in [0.1, 0.15) is 11.4 Å². The van der Waals surface area contributed by atoms with Crippen molar-refractivity contribution < 1.29 is 47.0 Å². The first-order chi connectivity index (χ1) is 18.5. The highest BCUT2D eigenvalue weighted by molar-refractivity contribution is 5.94. The highest BCUT2D eigenvalue weighted by atomic mass is 16.7. The normalized spacial score (nSPS) is 13.1. The third kappa shape index (κ3) is 6.33. The van der Waals surface area contributed by atoms with E-state index < -0.39 is 42.9 Å². The number of furan rings is 2. The highest BCUT2D eigenvalue weighted by Crippen LogP contribution is 2.26. The van der Waals surface area contributed by atoms with Gasteiger partial charge in [0.2, 0.25) is 13.1 Å². The molecule has 12 heteroatoms. The minimum absolute atomic E-state index is 0.101. The van der Waals surface area contributed by atoms with Gasteiger partial charge in [-0.3, -0.25) is 9.59 Å². The van der Waals surface area contributed by atoms with Gasteiger partial charge in [-0.15, -0.1) is 0 Å². The van der Waals surface area contributed by atoms with E-state index in [0.29, 0.717) is 27.8 Å². The Hall–Kier alpha value is -4.48. The fourth-order valence-electron chi connectivity index (χ4n) is 3.67. The summed E-state index contributed by atoms with van der Waals surface area (Å²) >= 11 is 0. The van der Waals surface area contributed by atoms with E-state index in [9.17, 15) is 19.2 Å². The Bertz CT molecular complexity index is 1460. The summed E-state index contributed by atoms with van der Waals surface area (Å²) in [6, 6.07) is 4.66. The molecule has 4 aromatic rings. The van der Waals surface area contributed by atoms with Crippen LogP contribution in [-0.4, -0.2) is 46.9 Å². The number of hydrogen-bond donors (Lipinski definition) is 2. The van der Waals surface area contributed by atoms with Gasteiger partial charge in [-0.25, -0.2) is 9.59 Å². The van der Waals surface area contributed by atoms with Gasteiger partial charge in [0.25, 0.3) is 0 Å². The average molecular weight is 543 g/mol. The number of aromatic amines is 2. The largest absolute Gasteiger partial charge is 0.463 e. The SMILES string of the molecule is CC(C)C(=O)OCOC(=O)c1cc2occ(CC(C)C(=O)OC(OC(=O)c3cc4occc4[nH]3)C(C)C)c2[nH]1. The van der Waals surface area contributed by atoms with Gasteiger partial charge >= 0.3 is 23.9 Å². The molecule has 0 fully saturated rings. The zero-order valence-electron chi connectivity index (χ0n) is 22.2. The lowest BCUT2D eigenvalue weighted by Gasteiger charge is -2.22. The Labute approximate surface area is 222 Å². The lowest BCUT2D eigenvalue weighted by atomic mass is 10.0. The van der Waals surface area contributed by atoms with Crippen molar-refractivity contribution >= 4 is 46.1 Å². The van der Waals surface area contributed by atoms with Crippen molar-refractivity contribution in [3.8, 4) is 0 Å². The maximum atomic E-state index is 12.9. The Morgan fingerprint density at radius 3 is 2.26 bits per heavy atom. The number of H-pyrrole nitrogens is 2. The minimum atomic E-state index is -1.11. The van der Waals surface area contributed by atoms with Crippen LogP contribution in [0.3, 0.4) is 0 Å². The van der Waals surface area contributed by atoms with Crippen LogP contribution in [0, 0.1) is 17.8 Å². The van der Waals surface area contributed by atoms with Crippen LogP contribution in [0.2, 0.25) is 0 Å². The Kier molecular flexibility index (Phi) is 8.12. The van der Waals surface area contributed by atoms with Gasteiger partial charge in [-0.2, -0.15) is 0 Å². The van der Waals surface area contributed by atoms with E-state index in [1.165, 1.54) is 24.7 Å². The number of carbonyl (C=O) groups excluding carboxylic acids is 4. The van der Waals surface area contributed by atoms with Gasteiger partial charge in [-0.05, 0) is 6.42 Å². The molecular weight excluding hydrogens is 512 g/mol. The molecular formula is C27H30N2O10. The molecule has 2 unspecified atom stereocenters. The van der Waals surface area contributed by atoms with Crippen molar-refractivity contribution in [2.75, 3.05) is 6.79 Å². The summed E-state index contributed by atoms with van der Waals surface area (Å²) in [5.74, 6) is -3.75. The van der Waals surface area contributed by atoms with E-state index in [1.54, 1.807) is 40.7 Å². The Morgan fingerprint density at radius 1 is 0.846 bits per heavy atom. The maximum absolute atomic E-state index is 12.9. The maximum Gasteiger partial charge on any atom is 0.357 e. The summed E-state index contributed by atoms with van der Waals surface area (Å²) < 4.78 is 31.6. The van der Waals surface area contributed by atoms with Crippen molar-refractivity contribution in [2.45, 2.75) is 47.3 Å². The average Bonchev–Trinajstić information content (AvgIpc) is 3.65. The summed E-state index contributed by atoms with van der Waals surface area (Å²) in [4.78, 5) is 55.1. The summed E-state index contributed by atoms with van der Waals surface area (Å²) in [6.45, 7) is 8.02. The number of aromatic nitrogens is 2. The van der Waals surface area contributed by atoms with E-state index in [-0.39, 0.29) is 29.6 Å². The Morgan fingerprint density at radius 2 is 1.56 bits per heavy atom. The molecule has 208 valence electrons. The van der Waals surface area contributed by atoms with Crippen LogP contribution in [0.1, 0.15) is 61.2 Å². The van der Waals surface area contributed by atoms with Crippen LogP contribution in [0.5, 0.6) is 0 Å². The number of nitrogens with one attached hydrogen (secondary N) is 2. The molecule has 4 aromatic heterocycles. The molecule has 0 radical (unpaired) electrons. The van der Waals surface area contributed by atoms with Gasteiger partial charge in [0.15, 0.2) is 11.2 Å². The van der Waals surface area contributed by atoms with E-state index in [2.05, 4.69) is 9.97 Å². The second kappa shape index (κ2) is 11.5. The van der Waals surface area contributed by atoms with E-state index >= 15 is 0 Å². The number of esters is 4. The van der Waals surface area contributed by atoms with Gasteiger partial charge < -0.3 is 37.7 Å². The minimum Gasteiger partial charge on any atom is -0.463 e. The molecule has 0 aliphatic carbocycles. The summed E-state index contributed by atoms with van der Waals surface area (Å²) in [5.41, 5.74) is 2.98. The number of carbonyl (C=O) groups is 4. The summed E-state index contributed by atoms with van der Waals surface area (Å²) in [6.07, 6.45) is 2.09. The quantitative estimate of drug-likeness (QED) is 0.200. The first kappa shape index (κ1) is 27.6. The molecule has 12 nitrogen and oxygen atoms in total. The fourth-order valence-corrected chi connectivity index (χ4v) is 3.67. The van der Waals surface area contributed by atoms with Crippen LogP contribution in [0.25, 0.3) is 22.2 Å². The summed E-state index contributed by atoms with van der Waals surface area (Å²) in [5, 5.41) is 0. The van der Waals surface area contributed by atoms with Crippen molar-refractivity contribution in [1.82, 2.24) is 9.97 Å². The zero-order valence-corrected chi connectivity index (χ0v) is 22.2. The number of rotatable bonds is 11. The van der Waals surface area contributed by atoms with Crippen molar-refractivity contribution in [3.63, 3.8) is 0 Å². The topological polar surface area (TPSA) is 163 Å². The van der Waals surface area contributed by atoms with Crippen molar-refractivity contribution in [3.05, 3.63) is 47.7 Å². The Balaban J connectivity index is 1.35. The molecule has 4 rings (SSSR count). The predicted molar refractivity (Wildman–Crippen MR) is 135 cm³/mol. The first-order valence-electron chi connectivity index (χ1n) is 12.4. The molecule has 0 saturated carbocycles. The van der Waals surface area contributed by atoms with Crippen LogP contribution in [0.15, 0.2) is 39.6 Å². The molecule has 0 amide bonds. The monoisotopic (exact) mass is 542 g/mol. The van der Waals surface area contributed by atoms with Crippen LogP contribution in [0.4, 0.5) is 0 Å². The van der Waals surface area contributed by atoms with E-state index in [0.717, 1.165) is 0 Å².